The van der Waals surface area contributed by atoms with Gasteiger partial charge in [-0.3, -0.25) is 9.59 Å². The monoisotopic (exact) mass is 384 g/mol. The summed E-state index contributed by atoms with van der Waals surface area (Å²) in [5, 5.41) is 2.06. The second kappa shape index (κ2) is 7.36. The van der Waals surface area contributed by atoms with Crippen LogP contribution in [-0.2, 0) is 4.79 Å². The number of carbonyl (C=O) groups excluding carboxylic acids is 2. The van der Waals surface area contributed by atoms with Crippen LogP contribution in [0.2, 0.25) is 0 Å². The lowest BCUT2D eigenvalue weighted by Crippen LogP contribution is -2.51. The van der Waals surface area contributed by atoms with E-state index in [0.29, 0.717) is 32.1 Å². The molecule has 1 aliphatic heterocycles. The van der Waals surface area contributed by atoms with Crippen molar-refractivity contribution < 1.29 is 9.59 Å². The highest BCUT2D eigenvalue weighted by Crippen LogP contribution is 2.48. The molecule has 2 fully saturated rings. The van der Waals surface area contributed by atoms with Gasteiger partial charge in [-0.15, -0.1) is 0 Å². The number of amides is 2. The Hall–Kier alpha value is -3.14. The summed E-state index contributed by atoms with van der Waals surface area (Å²) in [7, 11) is 0. The minimum absolute atomic E-state index is 0.0579. The van der Waals surface area contributed by atoms with Crippen molar-refractivity contribution in [1.29, 1.82) is 0 Å². The van der Waals surface area contributed by atoms with Crippen molar-refractivity contribution in [3.63, 3.8) is 0 Å². The van der Waals surface area contributed by atoms with E-state index in [1.165, 1.54) is 5.56 Å². The number of nitrogens with zero attached hydrogens (tertiary/aromatic N) is 2. The van der Waals surface area contributed by atoms with Crippen LogP contribution < -0.4 is 0 Å². The summed E-state index contributed by atoms with van der Waals surface area (Å²) >= 11 is 0. The summed E-state index contributed by atoms with van der Waals surface area (Å²) < 4.78 is 0. The normalized spacial score (nSPS) is 21.2. The molecule has 1 saturated carbocycles. The molecule has 4 nitrogen and oxygen atoms in total. The van der Waals surface area contributed by atoms with Gasteiger partial charge >= 0.3 is 0 Å². The molecule has 2 aliphatic rings. The number of piperazine rings is 1. The van der Waals surface area contributed by atoms with E-state index >= 15 is 0 Å². The summed E-state index contributed by atoms with van der Waals surface area (Å²) in [5.74, 6) is 0.773. The van der Waals surface area contributed by atoms with E-state index < -0.39 is 0 Å². The molecule has 146 valence electrons. The average Bonchev–Trinajstić information content (AvgIpc) is 3.59. The molecule has 0 bridgehead atoms. The lowest BCUT2D eigenvalue weighted by molar-refractivity contribution is -0.134. The number of carbonyl (C=O) groups is 2. The fraction of sp³-hybridized carbons (Fsp3) is 0.280. The number of rotatable bonds is 3. The van der Waals surface area contributed by atoms with Crippen molar-refractivity contribution in [1.82, 2.24) is 9.80 Å². The third-order valence-corrected chi connectivity index (χ3v) is 6.23. The standard InChI is InChI=1S/C25H24N2O2/c28-24(21-12-6-10-18-9-4-5-11-20(18)21)26-13-15-27(16-14-26)25(29)23-17-22(23)19-7-2-1-3-8-19/h1-12,22-23H,13-17H2. The Balaban J connectivity index is 1.23. The van der Waals surface area contributed by atoms with E-state index in [0.717, 1.165) is 22.8 Å². The third-order valence-electron chi connectivity index (χ3n) is 6.23. The molecule has 29 heavy (non-hydrogen) atoms. The van der Waals surface area contributed by atoms with Crippen LogP contribution in [0.5, 0.6) is 0 Å². The Bertz CT molecular complexity index is 1050. The van der Waals surface area contributed by atoms with Gasteiger partial charge in [0.05, 0.1) is 0 Å². The quantitative estimate of drug-likeness (QED) is 0.687. The molecule has 2 unspecified atom stereocenters. The van der Waals surface area contributed by atoms with Crippen molar-refractivity contribution in [2.45, 2.75) is 12.3 Å². The molecule has 2 amide bonds. The summed E-state index contributed by atoms with van der Waals surface area (Å²) in [6, 6.07) is 24.1. The summed E-state index contributed by atoms with van der Waals surface area (Å²) in [4.78, 5) is 29.8. The van der Waals surface area contributed by atoms with Crippen LogP contribution in [0, 0.1) is 5.92 Å². The van der Waals surface area contributed by atoms with Crippen molar-refractivity contribution in [2.24, 2.45) is 5.92 Å². The molecule has 3 aromatic carbocycles. The minimum atomic E-state index is 0.0579. The van der Waals surface area contributed by atoms with E-state index in [1.54, 1.807) is 0 Å². The van der Waals surface area contributed by atoms with Crippen LogP contribution in [0.4, 0.5) is 0 Å². The van der Waals surface area contributed by atoms with Gasteiger partial charge in [-0.1, -0.05) is 66.7 Å². The third kappa shape index (κ3) is 3.39. The Morgan fingerprint density at radius 3 is 2.17 bits per heavy atom. The van der Waals surface area contributed by atoms with Crippen molar-refractivity contribution >= 4 is 22.6 Å². The zero-order chi connectivity index (χ0) is 19.8. The van der Waals surface area contributed by atoms with E-state index in [-0.39, 0.29) is 17.7 Å². The molecule has 1 aliphatic carbocycles. The first kappa shape index (κ1) is 17.9. The van der Waals surface area contributed by atoms with Crippen LogP contribution in [0.1, 0.15) is 28.3 Å². The van der Waals surface area contributed by atoms with Gasteiger partial charge in [-0.25, -0.2) is 0 Å². The highest BCUT2D eigenvalue weighted by atomic mass is 16.2. The van der Waals surface area contributed by atoms with Crippen molar-refractivity contribution in [2.75, 3.05) is 26.2 Å². The molecule has 1 saturated heterocycles. The number of benzene rings is 3. The SMILES string of the molecule is O=C(c1cccc2ccccc12)N1CCN(C(=O)C2CC2c2ccccc2)CC1. The molecular weight excluding hydrogens is 360 g/mol. The Morgan fingerprint density at radius 1 is 0.724 bits per heavy atom. The zero-order valence-electron chi connectivity index (χ0n) is 16.3. The fourth-order valence-corrected chi connectivity index (χ4v) is 4.48. The number of hydrogen-bond acceptors (Lipinski definition) is 2. The first-order valence-corrected chi connectivity index (χ1v) is 10.3. The van der Waals surface area contributed by atoms with Gasteiger partial charge in [-0.2, -0.15) is 0 Å². The second-order valence-corrected chi connectivity index (χ2v) is 8.00. The zero-order valence-corrected chi connectivity index (χ0v) is 16.3. The van der Waals surface area contributed by atoms with Crippen LogP contribution >= 0.6 is 0 Å². The summed E-state index contributed by atoms with van der Waals surface area (Å²) in [6.45, 7) is 2.42. The maximum atomic E-state index is 13.1. The van der Waals surface area contributed by atoms with Gasteiger partial charge < -0.3 is 9.80 Å². The van der Waals surface area contributed by atoms with E-state index in [9.17, 15) is 9.59 Å². The van der Waals surface area contributed by atoms with Gasteiger partial charge in [0.2, 0.25) is 5.91 Å². The summed E-state index contributed by atoms with van der Waals surface area (Å²) in [5.41, 5.74) is 2.00. The highest BCUT2D eigenvalue weighted by Gasteiger charge is 2.46. The van der Waals surface area contributed by atoms with E-state index in [2.05, 4.69) is 12.1 Å². The van der Waals surface area contributed by atoms with Gasteiger partial charge in [0.15, 0.2) is 0 Å². The van der Waals surface area contributed by atoms with Crippen LogP contribution in [-0.4, -0.2) is 47.8 Å². The predicted molar refractivity (Wildman–Crippen MR) is 114 cm³/mol. The average molecular weight is 384 g/mol. The van der Waals surface area contributed by atoms with Crippen LogP contribution in [0.25, 0.3) is 10.8 Å². The molecule has 2 atom stereocenters. The van der Waals surface area contributed by atoms with Gasteiger partial charge in [0, 0.05) is 37.7 Å². The van der Waals surface area contributed by atoms with E-state index in [1.807, 2.05) is 70.5 Å². The largest absolute Gasteiger partial charge is 0.339 e. The van der Waals surface area contributed by atoms with Gasteiger partial charge in [0.1, 0.15) is 0 Å². The molecular formula is C25H24N2O2. The number of hydrogen-bond donors (Lipinski definition) is 0. The molecule has 1 heterocycles. The molecule has 4 heteroatoms. The topological polar surface area (TPSA) is 40.6 Å². The summed E-state index contributed by atoms with van der Waals surface area (Å²) in [6.07, 6.45) is 0.942. The first-order valence-electron chi connectivity index (χ1n) is 10.3. The molecule has 0 radical (unpaired) electrons. The Morgan fingerprint density at radius 2 is 1.38 bits per heavy atom. The molecule has 5 rings (SSSR count). The maximum Gasteiger partial charge on any atom is 0.254 e. The lowest BCUT2D eigenvalue weighted by atomic mass is 10.0. The first-order chi connectivity index (χ1) is 14.2. The minimum Gasteiger partial charge on any atom is -0.339 e. The van der Waals surface area contributed by atoms with Gasteiger partial charge in [-0.05, 0) is 34.7 Å². The second-order valence-electron chi connectivity index (χ2n) is 8.00. The molecule has 0 aromatic heterocycles. The van der Waals surface area contributed by atoms with Gasteiger partial charge in [0.25, 0.3) is 5.91 Å². The van der Waals surface area contributed by atoms with E-state index in [4.69, 9.17) is 0 Å². The highest BCUT2D eigenvalue weighted by molar-refractivity contribution is 6.07. The smallest absolute Gasteiger partial charge is 0.254 e. The van der Waals surface area contributed by atoms with Crippen molar-refractivity contribution in [3.8, 4) is 0 Å². The number of fused-ring (bicyclic) bond motifs is 1. The fourth-order valence-electron chi connectivity index (χ4n) is 4.48. The van der Waals surface area contributed by atoms with Crippen molar-refractivity contribution in [3.05, 3.63) is 83.9 Å². The van der Waals surface area contributed by atoms with Crippen LogP contribution in [0.3, 0.4) is 0 Å². The predicted octanol–water partition coefficient (Wildman–Crippen LogP) is 3.93. The molecule has 3 aromatic rings. The van der Waals surface area contributed by atoms with Crippen LogP contribution in [0.15, 0.2) is 72.8 Å². The maximum absolute atomic E-state index is 13.1. The molecule has 0 N–H and O–H groups in total. The molecule has 0 spiro atoms. The lowest BCUT2D eigenvalue weighted by Gasteiger charge is -2.35. The Kier molecular flexibility index (Phi) is 4.55. The Labute approximate surface area is 170 Å².